The number of nitrogens with one attached hydrogen (secondary N) is 1. The van der Waals surface area contributed by atoms with E-state index in [2.05, 4.69) is 29.6 Å². The number of carbonyl (C=O) groups is 2. The van der Waals surface area contributed by atoms with Crippen LogP contribution in [0.1, 0.15) is 49.8 Å². The van der Waals surface area contributed by atoms with Crippen molar-refractivity contribution >= 4 is 11.9 Å². The average Bonchev–Trinajstić information content (AvgIpc) is 2.91. The molecule has 0 saturated carbocycles. The molecule has 2 fully saturated rings. The van der Waals surface area contributed by atoms with Crippen LogP contribution >= 0.6 is 0 Å². The van der Waals surface area contributed by atoms with Crippen LogP contribution in [0.4, 0.5) is 0 Å². The molecule has 1 aliphatic carbocycles. The van der Waals surface area contributed by atoms with Crippen molar-refractivity contribution in [3.63, 3.8) is 0 Å². The van der Waals surface area contributed by atoms with Gasteiger partial charge in [-0.2, -0.15) is 0 Å². The number of benzene rings is 1. The van der Waals surface area contributed by atoms with Gasteiger partial charge in [0, 0.05) is 6.42 Å². The van der Waals surface area contributed by atoms with Crippen molar-refractivity contribution in [1.29, 1.82) is 0 Å². The molecule has 3 aliphatic rings. The Morgan fingerprint density at radius 2 is 2.08 bits per heavy atom. The van der Waals surface area contributed by atoms with Gasteiger partial charge >= 0.3 is 5.97 Å². The van der Waals surface area contributed by atoms with E-state index in [1.165, 1.54) is 11.1 Å². The van der Waals surface area contributed by atoms with Crippen molar-refractivity contribution in [2.45, 2.75) is 44.1 Å². The van der Waals surface area contributed by atoms with E-state index in [1.54, 1.807) is 11.8 Å². The molecule has 1 aromatic rings. The van der Waals surface area contributed by atoms with Crippen molar-refractivity contribution < 1.29 is 14.3 Å². The van der Waals surface area contributed by atoms with Gasteiger partial charge in [0.05, 0.1) is 12.6 Å². The largest absolute Gasteiger partial charge is 0.465 e. The Morgan fingerprint density at radius 1 is 1.32 bits per heavy atom. The number of rotatable bonds is 3. The first-order valence-electron chi connectivity index (χ1n) is 9.40. The lowest BCUT2D eigenvalue weighted by molar-refractivity contribution is -0.148. The van der Waals surface area contributed by atoms with E-state index < -0.39 is 0 Å². The van der Waals surface area contributed by atoms with Crippen molar-refractivity contribution in [2.75, 3.05) is 26.2 Å². The number of piperidine rings is 1. The second kappa shape index (κ2) is 6.45. The third-order valence-corrected chi connectivity index (χ3v) is 6.21. The predicted octanol–water partition coefficient (Wildman–Crippen LogP) is 2.16. The number of carbonyl (C=O) groups excluding carboxylic acids is 2. The zero-order valence-electron chi connectivity index (χ0n) is 14.8. The Balaban J connectivity index is 1.71. The molecule has 1 amide bonds. The van der Waals surface area contributed by atoms with Gasteiger partial charge in [0.2, 0.25) is 5.91 Å². The maximum absolute atomic E-state index is 12.7. The van der Waals surface area contributed by atoms with Crippen LogP contribution in [0, 0.1) is 5.92 Å². The van der Waals surface area contributed by atoms with Gasteiger partial charge in [-0.15, -0.1) is 0 Å². The molecule has 1 aromatic carbocycles. The molecule has 5 heteroatoms. The molecule has 25 heavy (non-hydrogen) atoms. The second-order valence-corrected chi connectivity index (χ2v) is 7.56. The van der Waals surface area contributed by atoms with Crippen LogP contribution in [-0.4, -0.2) is 43.0 Å². The van der Waals surface area contributed by atoms with Gasteiger partial charge < -0.3 is 15.0 Å². The van der Waals surface area contributed by atoms with Crippen LogP contribution in [0.2, 0.25) is 0 Å². The lowest BCUT2D eigenvalue weighted by Gasteiger charge is -2.47. The first-order chi connectivity index (χ1) is 12.1. The monoisotopic (exact) mass is 342 g/mol. The minimum atomic E-state index is -0.309. The lowest BCUT2D eigenvalue weighted by Crippen LogP contribution is -2.46. The van der Waals surface area contributed by atoms with Crippen molar-refractivity contribution in [1.82, 2.24) is 10.2 Å². The summed E-state index contributed by atoms with van der Waals surface area (Å²) in [4.78, 5) is 26.4. The van der Waals surface area contributed by atoms with E-state index in [1.807, 2.05) is 0 Å². The minimum absolute atomic E-state index is 0.0219. The number of ether oxygens (including phenoxy) is 1. The Bertz CT molecular complexity index is 681. The van der Waals surface area contributed by atoms with Gasteiger partial charge in [-0.3, -0.25) is 9.59 Å². The summed E-state index contributed by atoms with van der Waals surface area (Å²) in [6, 6.07) is 8.58. The summed E-state index contributed by atoms with van der Waals surface area (Å²) in [5, 5.41) is 3.47. The van der Waals surface area contributed by atoms with Crippen LogP contribution < -0.4 is 5.32 Å². The summed E-state index contributed by atoms with van der Waals surface area (Å²) < 4.78 is 5.09. The SMILES string of the molecule is CCOC(=O)CN1C(=O)C[C@H]2CC3(CCNCC3)c3ccccc3[C@H]21. The number of esters is 1. The fourth-order valence-electron chi connectivity index (χ4n) is 5.23. The molecule has 2 saturated heterocycles. The number of hydrogen-bond donors (Lipinski definition) is 1. The van der Waals surface area contributed by atoms with Crippen LogP contribution in [-0.2, 0) is 19.7 Å². The van der Waals surface area contributed by atoms with Crippen molar-refractivity contribution in [3.8, 4) is 0 Å². The van der Waals surface area contributed by atoms with Gasteiger partial charge in [0.25, 0.3) is 0 Å². The third-order valence-electron chi connectivity index (χ3n) is 6.21. The van der Waals surface area contributed by atoms with E-state index in [9.17, 15) is 9.59 Å². The van der Waals surface area contributed by atoms with Gasteiger partial charge in [-0.05, 0) is 61.7 Å². The quantitative estimate of drug-likeness (QED) is 0.855. The highest BCUT2D eigenvalue weighted by Crippen LogP contribution is 2.54. The van der Waals surface area contributed by atoms with E-state index >= 15 is 0 Å². The number of likely N-dealkylation sites (tertiary alicyclic amines) is 1. The van der Waals surface area contributed by atoms with Gasteiger partial charge in [0.1, 0.15) is 6.54 Å². The molecule has 1 spiro atoms. The highest BCUT2D eigenvalue weighted by molar-refractivity contribution is 5.85. The molecule has 0 bridgehead atoms. The first kappa shape index (κ1) is 16.6. The fourth-order valence-corrected chi connectivity index (χ4v) is 5.23. The standard InChI is InChI=1S/C20H26N2O3/c1-2-25-18(24)13-22-17(23)11-14-12-20(7-9-21-10-8-20)16-6-4-3-5-15(16)19(14)22/h3-6,14,19,21H,2,7-13H2,1H3/t14-,19-/m0/s1. The van der Waals surface area contributed by atoms with Crippen molar-refractivity contribution in [2.24, 2.45) is 5.92 Å². The van der Waals surface area contributed by atoms with E-state index in [0.29, 0.717) is 18.9 Å². The molecule has 1 N–H and O–H groups in total. The average molecular weight is 342 g/mol. The topological polar surface area (TPSA) is 58.6 Å². The summed E-state index contributed by atoms with van der Waals surface area (Å²) in [6.07, 6.45) is 3.84. The molecular formula is C20H26N2O3. The molecule has 2 heterocycles. The zero-order valence-corrected chi connectivity index (χ0v) is 14.8. The Morgan fingerprint density at radius 3 is 2.84 bits per heavy atom. The molecule has 5 nitrogen and oxygen atoms in total. The van der Waals surface area contributed by atoms with Gasteiger partial charge in [-0.1, -0.05) is 24.3 Å². The summed E-state index contributed by atoms with van der Waals surface area (Å²) >= 11 is 0. The zero-order chi connectivity index (χ0) is 17.4. The van der Waals surface area contributed by atoms with Gasteiger partial charge in [-0.25, -0.2) is 0 Å². The summed E-state index contributed by atoms with van der Waals surface area (Å²) in [5.41, 5.74) is 2.82. The van der Waals surface area contributed by atoms with E-state index in [0.717, 1.165) is 32.4 Å². The normalized spacial score (nSPS) is 27.1. The summed E-state index contributed by atoms with van der Waals surface area (Å²) in [5.74, 6) is 0.0786. The molecule has 0 unspecified atom stereocenters. The molecule has 2 aliphatic heterocycles. The highest BCUT2D eigenvalue weighted by atomic mass is 16.5. The highest BCUT2D eigenvalue weighted by Gasteiger charge is 2.51. The minimum Gasteiger partial charge on any atom is -0.465 e. The summed E-state index contributed by atoms with van der Waals surface area (Å²) in [6.45, 7) is 4.28. The number of fused-ring (bicyclic) bond motifs is 4. The fraction of sp³-hybridized carbons (Fsp3) is 0.600. The Hall–Kier alpha value is -1.88. The second-order valence-electron chi connectivity index (χ2n) is 7.56. The maximum Gasteiger partial charge on any atom is 0.325 e. The Labute approximate surface area is 148 Å². The molecule has 0 radical (unpaired) electrons. The van der Waals surface area contributed by atoms with Gasteiger partial charge in [0.15, 0.2) is 0 Å². The molecule has 2 atom stereocenters. The van der Waals surface area contributed by atoms with Crippen LogP contribution in [0.3, 0.4) is 0 Å². The smallest absolute Gasteiger partial charge is 0.325 e. The third kappa shape index (κ3) is 2.74. The lowest BCUT2D eigenvalue weighted by atomic mass is 9.60. The number of amides is 1. The van der Waals surface area contributed by atoms with Crippen LogP contribution in [0.15, 0.2) is 24.3 Å². The Kier molecular flexibility index (Phi) is 4.28. The number of nitrogens with zero attached hydrogens (tertiary/aromatic N) is 1. The van der Waals surface area contributed by atoms with Crippen molar-refractivity contribution in [3.05, 3.63) is 35.4 Å². The molecule has 4 rings (SSSR count). The summed E-state index contributed by atoms with van der Waals surface area (Å²) in [7, 11) is 0. The number of hydrogen-bond acceptors (Lipinski definition) is 4. The maximum atomic E-state index is 12.7. The predicted molar refractivity (Wildman–Crippen MR) is 94.0 cm³/mol. The molecule has 0 aromatic heterocycles. The molecular weight excluding hydrogens is 316 g/mol. The van der Waals surface area contributed by atoms with E-state index in [4.69, 9.17) is 4.74 Å². The van der Waals surface area contributed by atoms with Crippen LogP contribution in [0.5, 0.6) is 0 Å². The molecule has 134 valence electrons. The van der Waals surface area contributed by atoms with Crippen LogP contribution in [0.25, 0.3) is 0 Å². The first-order valence-corrected chi connectivity index (χ1v) is 9.40. The van der Waals surface area contributed by atoms with E-state index in [-0.39, 0.29) is 29.9 Å².